The van der Waals surface area contributed by atoms with Crippen LogP contribution in [0.25, 0.3) is 0 Å². The highest BCUT2D eigenvalue weighted by molar-refractivity contribution is 8.18. The number of methoxy groups -OCH3 is 1. The minimum absolute atomic E-state index is 0.0445. The van der Waals surface area contributed by atoms with Crippen molar-refractivity contribution in [2.24, 2.45) is 10.2 Å². The molecular weight excluding hydrogens is 262 g/mol. The molecule has 8 nitrogen and oxygen atoms in total. The number of thioether (sulfide) groups is 1. The highest BCUT2D eigenvalue weighted by Gasteiger charge is 2.23. The molecule has 1 heterocycles. The molecule has 0 radical (unpaired) electrons. The molecule has 0 spiro atoms. The molecular formula is C9H8N3O5S-. The summed E-state index contributed by atoms with van der Waals surface area (Å²) in [5, 5.41) is 19.8. The molecule has 96 valence electrons. The van der Waals surface area contributed by atoms with Gasteiger partial charge in [0.1, 0.15) is 0 Å². The van der Waals surface area contributed by atoms with Crippen LogP contribution < -0.4 is 10.4 Å². The smallest absolute Gasteiger partial charge is 0.311 e. The zero-order chi connectivity index (χ0) is 13.5. The van der Waals surface area contributed by atoms with E-state index in [-0.39, 0.29) is 16.5 Å². The summed E-state index contributed by atoms with van der Waals surface area (Å²) in [7, 11) is 1.24. The predicted molar refractivity (Wildman–Crippen MR) is 61.4 cm³/mol. The van der Waals surface area contributed by atoms with E-state index >= 15 is 0 Å². The number of hydrogen-bond donors (Lipinski definition) is 1. The number of esters is 1. The molecule has 0 atom stereocenters. The number of carboxylic acids is 1. The second-order valence-corrected chi connectivity index (χ2v) is 3.90. The van der Waals surface area contributed by atoms with Crippen molar-refractivity contribution >= 4 is 41.0 Å². The van der Waals surface area contributed by atoms with E-state index in [1.54, 1.807) is 0 Å². The van der Waals surface area contributed by atoms with Gasteiger partial charge in [0.15, 0.2) is 5.17 Å². The maximum absolute atomic E-state index is 11.2. The van der Waals surface area contributed by atoms with Crippen LogP contribution in [0.3, 0.4) is 0 Å². The maximum Gasteiger partial charge on any atom is 0.311 e. The molecule has 0 bridgehead atoms. The van der Waals surface area contributed by atoms with E-state index < -0.39 is 17.8 Å². The Labute approximate surface area is 106 Å². The van der Waals surface area contributed by atoms with Crippen LogP contribution in [-0.2, 0) is 19.1 Å². The maximum atomic E-state index is 11.2. The van der Waals surface area contributed by atoms with Gasteiger partial charge in [-0.05, 0) is 17.8 Å². The van der Waals surface area contributed by atoms with Gasteiger partial charge < -0.3 is 14.6 Å². The lowest BCUT2D eigenvalue weighted by molar-refractivity contribution is -0.297. The van der Waals surface area contributed by atoms with Crippen molar-refractivity contribution in [1.29, 1.82) is 0 Å². The number of amides is 1. The molecule has 1 aliphatic rings. The fourth-order valence-corrected chi connectivity index (χ4v) is 1.61. The summed E-state index contributed by atoms with van der Waals surface area (Å²) in [6.45, 7) is 0. The average Bonchev–Trinajstić information content (AvgIpc) is 2.64. The summed E-state index contributed by atoms with van der Waals surface area (Å²) >= 11 is 0.811. The molecule has 1 rings (SSSR count). The van der Waals surface area contributed by atoms with Crippen LogP contribution in [-0.4, -0.2) is 36.3 Å². The van der Waals surface area contributed by atoms with Crippen molar-refractivity contribution in [3.63, 3.8) is 0 Å². The van der Waals surface area contributed by atoms with Gasteiger partial charge in [-0.3, -0.25) is 14.9 Å². The summed E-state index contributed by atoms with van der Waals surface area (Å²) in [4.78, 5) is 32.2. The summed E-state index contributed by atoms with van der Waals surface area (Å²) in [5.41, 5.74) is 0. The quantitative estimate of drug-likeness (QED) is 0.284. The van der Waals surface area contributed by atoms with Gasteiger partial charge in [-0.1, -0.05) is 0 Å². The Hall–Kier alpha value is -2.16. The van der Waals surface area contributed by atoms with E-state index in [0.717, 1.165) is 11.8 Å². The fourth-order valence-electron chi connectivity index (χ4n) is 0.874. The number of amidine groups is 1. The first-order chi connectivity index (χ1) is 8.52. The number of nitrogens with one attached hydrogen (secondary N) is 1. The Kier molecular flexibility index (Phi) is 5.06. The fraction of sp³-hybridized carbons (Fsp3) is 0.222. The zero-order valence-corrected chi connectivity index (χ0v) is 10.0. The molecule has 1 aliphatic heterocycles. The lowest BCUT2D eigenvalue weighted by atomic mass is 10.5. The van der Waals surface area contributed by atoms with Crippen LogP contribution in [0.4, 0.5) is 0 Å². The summed E-state index contributed by atoms with van der Waals surface area (Å²) < 4.78 is 4.37. The molecule has 1 amide bonds. The van der Waals surface area contributed by atoms with Crippen LogP contribution in [0.5, 0.6) is 0 Å². The van der Waals surface area contributed by atoms with Crippen molar-refractivity contribution in [1.82, 2.24) is 5.32 Å². The number of hydrogen-bond acceptors (Lipinski definition) is 8. The molecule has 0 aromatic heterocycles. The first-order valence-electron chi connectivity index (χ1n) is 4.61. The Morgan fingerprint density at radius 1 is 1.56 bits per heavy atom. The third-order valence-corrected chi connectivity index (χ3v) is 2.52. The Bertz CT molecular complexity index is 469. The molecule has 0 aromatic carbocycles. The minimum Gasteiger partial charge on any atom is -0.545 e. The van der Waals surface area contributed by atoms with Gasteiger partial charge in [0.05, 0.1) is 24.4 Å². The van der Waals surface area contributed by atoms with Crippen molar-refractivity contribution in [3.05, 3.63) is 11.0 Å². The number of nitrogens with zero attached hydrogens (tertiary/aromatic N) is 2. The van der Waals surface area contributed by atoms with E-state index in [9.17, 15) is 19.5 Å². The molecule has 0 saturated carbocycles. The van der Waals surface area contributed by atoms with E-state index in [2.05, 4.69) is 20.3 Å². The minimum atomic E-state index is -1.47. The molecule has 9 heteroatoms. The van der Waals surface area contributed by atoms with Gasteiger partial charge in [-0.25, -0.2) is 0 Å². The topological polar surface area (TPSA) is 120 Å². The zero-order valence-electron chi connectivity index (χ0n) is 9.21. The molecule has 0 unspecified atom stereocenters. The third-order valence-electron chi connectivity index (χ3n) is 1.62. The molecule has 1 saturated heterocycles. The standard InChI is InChI=1S/C9H9N3O5S/c1-17-7(15)2-3-10-12-9-11-8(16)5(18-9)4-6(13)14/h3-4H,2H2,1H3,(H,13,14)(H,11,12,16)/p-1/b5-4-,10-3-. The number of carbonyl (C=O) groups excluding carboxylic acids is 3. The summed E-state index contributed by atoms with van der Waals surface area (Å²) in [6.07, 6.45) is 1.82. The van der Waals surface area contributed by atoms with Gasteiger partial charge in [0.25, 0.3) is 5.91 Å². The monoisotopic (exact) mass is 270 g/mol. The van der Waals surface area contributed by atoms with E-state index in [1.807, 2.05) is 0 Å². The normalized spacial score (nSPS) is 19.5. The van der Waals surface area contributed by atoms with Crippen LogP contribution in [0.15, 0.2) is 21.2 Å². The number of rotatable bonds is 4. The van der Waals surface area contributed by atoms with Crippen LogP contribution in [0, 0.1) is 0 Å². The SMILES string of the molecule is COC(=O)C/C=N\N=C1/NC(=O)/C(=C/C(=O)[O-])S1. The Balaban J connectivity index is 2.58. The Morgan fingerprint density at radius 2 is 2.28 bits per heavy atom. The average molecular weight is 270 g/mol. The molecule has 0 aromatic rings. The highest BCUT2D eigenvalue weighted by Crippen LogP contribution is 2.22. The molecule has 0 aliphatic carbocycles. The first-order valence-corrected chi connectivity index (χ1v) is 5.42. The van der Waals surface area contributed by atoms with E-state index in [1.165, 1.54) is 13.3 Å². The molecule has 1 fully saturated rings. The van der Waals surface area contributed by atoms with Crippen molar-refractivity contribution in [2.75, 3.05) is 7.11 Å². The number of carboxylic acid groups (broad SMARTS) is 1. The van der Waals surface area contributed by atoms with Gasteiger partial charge in [0, 0.05) is 6.21 Å². The number of aliphatic carboxylic acids is 1. The van der Waals surface area contributed by atoms with Crippen LogP contribution >= 0.6 is 11.8 Å². The second-order valence-electron chi connectivity index (χ2n) is 2.87. The highest BCUT2D eigenvalue weighted by atomic mass is 32.2. The molecule has 18 heavy (non-hydrogen) atoms. The van der Waals surface area contributed by atoms with Gasteiger partial charge in [-0.15, -0.1) is 5.10 Å². The lowest BCUT2D eigenvalue weighted by Gasteiger charge is -1.91. The third kappa shape index (κ3) is 4.37. The van der Waals surface area contributed by atoms with Crippen molar-refractivity contribution < 1.29 is 24.2 Å². The first kappa shape index (κ1) is 13.9. The molecule has 1 N–H and O–H groups in total. The van der Waals surface area contributed by atoms with E-state index in [0.29, 0.717) is 6.08 Å². The lowest BCUT2D eigenvalue weighted by Crippen LogP contribution is -2.22. The van der Waals surface area contributed by atoms with Gasteiger partial charge in [0.2, 0.25) is 0 Å². The van der Waals surface area contributed by atoms with Crippen LogP contribution in [0.1, 0.15) is 6.42 Å². The summed E-state index contributed by atoms with van der Waals surface area (Å²) in [6, 6.07) is 0. The van der Waals surface area contributed by atoms with Gasteiger partial charge in [-0.2, -0.15) is 5.10 Å². The second kappa shape index (κ2) is 6.55. The Morgan fingerprint density at radius 3 is 2.89 bits per heavy atom. The number of ether oxygens (including phenoxy) is 1. The number of carbonyl (C=O) groups is 3. The van der Waals surface area contributed by atoms with Crippen LogP contribution in [0.2, 0.25) is 0 Å². The predicted octanol–water partition coefficient (Wildman–Crippen LogP) is -1.61. The van der Waals surface area contributed by atoms with Crippen molar-refractivity contribution in [3.8, 4) is 0 Å². The van der Waals surface area contributed by atoms with E-state index in [4.69, 9.17) is 0 Å². The largest absolute Gasteiger partial charge is 0.545 e. The summed E-state index contributed by atoms with van der Waals surface area (Å²) in [5.74, 6) is -2.53. The van der Waals surface area contributed by atoms with Crippen molar-refractivity contribution in [2.45, 2.75) is 6.42 Å². The van der Waals surface area contributed by atoms with Gasteiger partial charge >= 0.3 is 5.97 Å².